The lowest BCUT2D eigenvalue weighted by molar-refractivity contribution is 0.546. The molecule has 1 aliphatic rings. The van der Waals surface area contributed by atoms with Crippen LogP contribution in [-0.4, -0.2) is 6.54 Å². The average molecular weight is 173 g/mol. The van der Waals surface area contributed by atoms with E-state index in [0.29, 0.717) is 6.04 Å². The average Bonchev–Trinajstić information content (AvgIpc) is 2.94. The molecule has 1 fully saturated rings. The minimum Gasteiger partial charge on any atom is -0.459 e. The van der Waals surface area contributed by atoms with Gasteiger partial charge >= 0.3 is 0 Å². The van der Waals surface area contributed by atoms with Gasteiger partial charge in [0.2, 0.25) is 0 Å². The Labute approximate surface area is 76.5 Å². The minimum atomic E-state index is 0.465. The van der Waals surface area contributed by atoms with E-state index >= 15 is 0 Å². The van der Waals surface area contributed by atoms with Crippen LogP contribution in [0.25, 0.3) is 11.0 Å². The number of hydrogen-bond donors (Lipinski definition) is 1. The third-order valence-electron chi connectivity index (χ3n) is 2.61. The maximum absolute atomic E-state index is 5.76. The van der Waals surface area contributed by atoms with Gasteiger partial charge < -0.3 is 9.73 Å². The monoisotopic (exact) mass is 173 g/mol. The molecule has 2 heterocycles. The number of furan rings is 1. The summed E-state index contributed by atoms with van der Waals surface area (Å²) in [5.41, 5.74) is 2.29. The van der Waals surface area contributed by atoms with Crippen molar-refractivity contribution in [2.45, 2.75) is 13.0 Å². The van der Waals surface area contributed by atoms with Crippen molar-refractivity contribution in [1.29, 1.82) is 0 Å². The van der Waals surface area contributed by atoms with E-state index in [-0.39, 0.29) is 0 Å². The highest BCUT2D eigenvalue weighted by Gasteiger charge is 2.28. The number of hydrogen-bond acceptors (Lipinski definition) is 2. The summed E-state index contributed by atoms with van der Waals surface area (Å²) in [6.07, 6.45) is 0. The number of aryl methyl sites for hydroxylation is 1. The van der Waals surface area contributed by atoms with E-state index in [0.717, 1.165) is 17.9 Å². The van der Waals surface area contributed by atoms with Crippen LogP contribution in [0.5, 0.6) is 0 Å². The first-order valence-electron chi connectivity index (χ1n) is 4.57. The van der Waals surface area contributed by atoms with Crippen molar-refractivity contribution in [3.8, 4) is 0 Å². The van der Waals surface area contributed by atoms with Crippen LogP contribution in [0, 0.1) is 6.92 Å². The molecule has 66 valence electrons. The molecule has 0 aliphatic carbocycles. The largest absolute Gasteiger partial charge is 0.459 e. The van der Waals surface area contributed by atoms with Crippen LogP contribution in [0.3, 0.4) is 0 Å². The lowest BCUT2D eigenvalue weighted by Crippen LogP contribution is -1.82. The zero-order chi connectivity index (χ0) is 8.84. The standard InChI is InChI=1S/C11H11NO/c1-7-8-4-2-3-5-10(8)13-11(7)9-6-12-9/h2-5,9,12H,6H2,1H3/t9-/m1/s1. The molecule has 0 radical (unpaired) electrons. The van der Waals surface area contributed by atoms with Gasteiger partial charge in [0, 0.05) is 17.5 Å². The molecular formula is C11H11NO. The van der Waals surface area contributed by atoms with Gasteiger partial charge in [-0.15, -0.1) is 0 Å². The third kappa shape index (κ3) is 0.988. The Balaban J connectivity index is 2.30. The summed E-state index contributed by atoms with van der Waals surface area (Å²) < 4.78 is 5.76. The molecule has 3 rings (SSSR count). The molecule has 0 amide bonds. The van der Waals surface area contributed by atoms with Gasteiger partial charge in [-0.2, -0.15) is 0 Å². The number of nitrogens with one attached hydrogen (secondary N) is 1. The highest BCUT2D eigenvalue weighted by atomic mass is 16.3. The van der Waals surface area contributed by atoms with Crippen LogP contribution in [0.4, 0.5) is 0 Å². The highest BCUT2D eigenvalue weighted by molar-refractivity contribution is 5.82. The number of benzene rings is 1. The molecule has 1 aromatic heterocycles. The number of fused-ring (bicyclic) bond motifs is 1. The normalized spacial score (nSPS) is 20.8. The first-order chi connectivity index (χ1) is 6.36. The van der Waals surface area contributed by atoms with Crippen LogP contribution in [0.15, 0.2) is 28.7 Å². The summed E-state index contributed by atoms with van der Waals surface area (Å²) in [6.45, 7) is 3.18. The molecule has 1 atom stereocenters. The van der Waals surface area contributed by atoms with Gasteiger partial charge in [0.25, 0.3) is 0 Å². The third-order valence-corrected chi connectivity index (χ3v) is 2.61. The fraction of sp³-hybridized carbons (Fsp3) is 0.273. The second-order valence-corrected chi connectivity index (χ2v) is 3.55. The Morgan fingerprint density at radius 2 is 2.15 bits per heavy atom. The molecule has 0 unspecified atom stereocenters. The predicted molar refractivity (Wildman–Crippen MR) is 51.7 cm³/mol. The second kappa shape index (κ2) is 2.36. The molecule has 0 bridgehead atoms. The Morgan fingerprint density at radius 1 is 1.38 bits per heavy atom. The molecule has 1 saturated heterocycles. The van der Waals surface area contributed by atoms with E-state index in [1.54, 1.807) is 0 Å². The topological polar surface area (TPSA) is 35.1 Å². The van der Waals surface area contributed by atoms with Crippen molar-refractivity contribution in [2.75, 3.05) is 6.54 Å². The summed E-state index contributed by atoms with van der Waals surface area (Å²) in [4.78, 5) is 0. The minimum absolute atomic E-state index is 0.465. The molecular weight excluding hydrogens is 162 g/mol. The van der Waals surface area contributed by atoms with E-state index < -0.39 is 0 Å². The van der Waals surface area contributed by atoms with Crippen LogP contribution >= 0.6 is 0 Å². The summed E-state index contributed by atoms with van der Waals surface area (Å²) in [5, 5.41) is 4.50. The Hall–Kier alpha value is -1.28. The predicted octanol–water partition coefficient (Wildman–Crippen LogP) is 2.39. The first kappa shape index (κ1) is 7.15. The molecule has 1 N–H and O–H groups in total. The van der Waals surface area contributed by atoms with Crippen LogP contribution in [-0.2, 0) is 0 Å². The smallest absolute Gasteiger partial charge is 0.134 e. The van der Waals surface area contributed by atoms with Gasteiger partial charge in [0.1, 0.15) is 11.3 Å². The first-order valence-corrected chi connectivity index (χ1v) is 4.57. The van der Waals surface area contributed by atoms with Gasteiger partial charge in [-0.1, -0.05) is 18.2 Å². The quantitative estimate of drug-likeness (QED) is 0.672. The van der Waals surface area contributed by atoms with E-state index in [4.69, 9.17) is 4.42 Å². The summed E-state index contributed by atoms with van der Waals surface area (Å²) in [5.74, 6) is 1.11. The fourth-order valence-electron chi connectivity index (χ4n) is 1.77. The summed E-state index contributed by atoms with van der Waals surface area (Å²) in [6, 6.07) is 8.66. The number of para-hydroxylation sites is 1. The SMILES string of the molecule is Cc1c([C@H]2CN2)oc2ccccc12. The zero-order valence-electron chi connectivity index (χ0n) is 7.50. The maximum Gasteiger partial charge on any atom is 0.134 e. The summed E-state index contributed by atoms with van der Waals surface area (Å²) in [7, 11) is 0. The zero-order valence-corrected chi connectivity index (χ0v) is 7.50. The van der Waals surface area contributed by atoms with Gasteiger partial charge in [-0.3, -0.25) is 0 Å². The molecule has 1 aromatic carbocycles. The van der Waals surface area contributed by atoms with E-state index in [1.807, 2.05) is 12.1 Å². The molecule has 2 nitrogen and oxygen atoms in total. The Kier molecular flexibility index (Phi) is 1.30. The van der Waals surface area contributed by atoms with Crippen molar-refractivity contribution < 1.29 is 4.42 Å². The Morgan fingerprint density at radius 3 is 2.85 bits per heavy atom. The highest BCUT2D eigenvalue weighted by Crippen LogP contribution is 2.32. The fourth-order valence-corrected chi connectivity index (χ4v) is 1.77. The van der Waals surface area contributed by atoms with Gasteiger partial charge in [0.05, 0.1) is 6.04 Å². The molecule has 0 spiro atoms. The Bertz CT molecular complexity index is 454. The van der Waals surface area contributed by atoms with E-state index in [1.165, 1.54) is 10.9 Å². The molecule has 2 heteroatoms. The van der Waals surface area contributed by atoms with Crippen LogP contribution in [0.2, 0.25) is 0 Å². The van der Waals surface area contributed by atoms with Gasteiger partial charge in [-0.25, -0.2) is 0 Å². The second-order valence-electron chi connectivity index (χ2n) is 3.55. The lowest BCUT2D eigenvalue weighted by atomic mass is 10.1. The van der Waals surface area contributed by atoms with E-state index in [2.05, 4.69) is 24.4 Å². The molecule has 13 heavy (non-hydrogen) atoms. The van der Waals surface area contributed by atoms with Crippen molar-refractivity contribution >= 4 is 11.0 Å². The van der Waals surface area contributed by atoms with Crippen LogP contribution in [0.1, 0.15) is 17.4 Å². The van der Waals surface area contributed by atoms with Crippen molar-refractivity contribution in [3.05, 3.63) is 35.6 Å². The lowest BCUT2D eigenvalue weighted by Gasteiger charge is -1.89. The van der Waals surface area contributed by atoms with Crippen molar-refractivity contribution in [2.24, 2.45) is 0 Å². The number of rotatable bonds is 1. The van der Waals surface area contributed by atoms with Gasteiger partial charge in [0.15, 0.2) is 0 Å². The van der Waals surface area contributed by atoms with Crippen molar-refractivity contribution in [1.82, 2.24) is 5.32 Å². The van der Waals surface area contributed by atoms with Gasteiger partial charge in [-0.05, 0) is 13.0 Å². The van der Waals surface area contributed by atoms with Crippen LogP contribution < -0.4 is 5.32 Å². The molecule has 2 aromatic rings. The maximum atomic E-state index is 5.76. The summed E-state index contributed by atoms with van der Waals surface area (Å²) >= 11 is 0. The molecule has 1 aliphatic heterocycles. The van der Waals surface area contributed by atoms with E-state index in [9.17, 15) is 0 Å². The van der Waals surface area contributed by atoms with Crippen molar-refractivity contribution in [3.63, 3.8) is 0 Å². The molecule has 0 saturated carbocycles.